The van der Waals surface area contributed by atoms with Crippen LogP contribution in [-0.2, 0) is 16.6 Å². The van der Waals surface area contributed by atoms with Gasteiger partial charge in [0.05, 0.1) is 23.5 Å². The molecule has 0 aliphatic heterocycles. The number of aromatic nitrogens is 2. The summed E-state index contributed by atoms with van der Waals surface area (Å²) in [5.74, 6) is -0.620. The zero-order valence-electron chi connectivity index (χ0n) is 10.3. The molecule has 0 saturated carbocycles. The van der Waals surface area contributed by atoms with Crippen LogP contribution in [0.1, 0.15) is 0 Å². The van der Waals surface area contributed by atoms with Crippen LogP contribution in [-0.4, -0.2) is 24.7 Å². The lowest BCUT2D eigenvalue weighted by molar-refractivity contribution is 0.599. The maximum Gasteiger partial charge on any atom is 0.265 e. The monoisotopic (exact) mass is 318 g/mol. The van der Waals surface area contributed by atoms with Gasteiger partial charge in [-0.15, -0.1) is 0 Å². The summed E-state index contributed by atoms with van der Waals surface area (Å²) >= 11 is 5.59. The number of nitrogens with zero attached hydrogens (tertiary/aromatic N) is 2. The molecule has 0 amide bonds. The van der Waals surface area contributed by atoms with E-state index in [1.54, 1.807) is 0 Å². The van der Waals surface area contributed by atoms with Gasteiger partial charge in [-0.3, -0.25) is 9.40 Å². The molecule has 6 nitrogen and oxygen atoms in total. The predicted molar refractivity (Wildman–Crippen MR) is 73.5 cm³/mol. The van der Waals surface area contributed by atoms with Crippen LogP contribution in [0, 0.1) is 5.82 Å². The standard InChI is InChI=1S/C11H12ClFN4O2S/c12-10-5-8(1-2-11(10)13)16-20(18,19)9-6-15-17(7-9)4-3-14/h1-2,5-7,16H,3-4,14H2. The molecule has 0 saturated heterocycles. The Morgan fingerprint density at radius 2 is 2.20 bits per heavy atom. The Balaban J connectivity index is 2.23. The van der Waals surface area contributed by atoms with Crippen molar-refractivity contribution < 1.29 is 12.8 Å². The van der Waals surface area contributed by atoms with E-state index in [4.69, 9.17) is 17.3 Å². The second kappa shape index (κ2) is 5.78. The number of benzene rings is 1. The highest BCUT2D eigenvalue weighted by molar-refractivity contribution is 7.92. The Morgan fingerprint density at radius 3 is 2.85 bits per heavy atom. The molecule has 2 rings (SSSR count). The van der Waals surface area contributed by atoms with E-state index in [1.807, 2.05) is 0 Å². The zero-order chi connectivity index (χ0) is 14.8. The van der Waals surface area contributed by atoms with Crippen molar-refractivity contribution in [1.82, 2.24) is 9.78 Å². The Kier molecular flexibility index (Phi) is 4.26. The third-order valence-corrected chi connectivity index (χ3v) is 4.08. The van der Waals surface area contributed by atoms with Gasteiger partial charge in [-0.2, -0.15) is 5.10 Å². The Morgan fingerprint density at radius 1 is 1.45 bits per heavy atom. The zero-order valence-corrected chi connectivity index (χ0v) is 11.8. The van der Waals surface area contributed by atoms with E-state index in [2.05, 4.69) is 9.82 Å². The summed E-state index contributed by atoms with van der Waals surface area (Å²) in [5, 5.41) is 3.71. The van der Waals surface area contributed by atoms with Gasteiger partial charge < -0.3 is 5.73 Å². The molecule has 3 N–H and O–H groups in total. The summed E-state index contributed by atoms with van der Waals surface area (Å²) in [6.07, 6.45) is 2.57. The number of anilines is 1. The highest BCUT2D eigenvalue weighted by Gasteiger charge is 2.17. The van der Waals surface area contributed by atoms with Gasteiger partial charge in [0, 0.05) is 12.7 Å². The molecule has 0 radical (unpaired) electrons. The summed E-state index contributed by atoms with van der Waals surface area (Å²) in [5.41, 5.74) is 5.53. The van der Waals surface area contributed by atoms with Gasteiger partial charge >= 0.3 is 0 Å². The molecule has 20 heavy (non-hydrogen) atoms. The maximum absolute atomic E-state index is 13.0. The van der Waals surface area contributed by atoms with Crippen molar-refractivity contribution in [2.45, 2.75) is 11.4 Å². The smallest absolute Gasteiger partial charge is 0.265 e. The fourth-order valence-electron chi connectivity index (χ4n) is 1.51. The molecule has 2 aromatic rings. The van der Waals surface area contributed by atoms with Crippen LogP contribution < -0.4 is 10.5 Å². The van der Waals surface area contributed by atoms with Crippen LogP contribution in [0.4, 0.5) is 10.1 Å². The highest BCUT2D eigenvalue weighted by Crippen LogP contribution is 2.21. The molecular formula is C11H12ClFN4O2S. The summed E-state index contributed by atoms with van der Waals surface area (Å²) < 4.78 is 40.9. The van der Waals surface area contributed by atoms with Gasteiger partial charge in [-0.25, -0.2) is 12.8 Å². The van der Waals surface area contributed by atoms with E-state index in [0.717, 1.165) is 6.07 Å². The van der Waals surface area contributed by atoms with Crippen molar-refractivity contribution in [3.05, 3.63) is 41.4 Å². The van der Waals surface area contributed by atoms with Crippen molar-refractivity contribution in [3.8, 4) is 0 Å². The third-order valence-electron chi connectivity index (χ3n) is 2.45. The first-order valence-electron chi connectivity index (χ1n) is 5.63. The van der Waals surface area contributed by atoms with Crippen molar-refractivity contribution >= 4 is 27.3 Å². The molecule has 1 aromatic carbocycles. The maximum atomic E-state index is 13.0. The second-order valence-corrected chi connectivity index (χ2v) is 6.05. The lowest BCUT2D eigenvalue weighted by Crippen LogP contribution is -2.13. The average Bonchev–Trinajstić information content (AvgIpc) is 2.83. The van der Waals surface area contributed by atoms with Gasteiger partial charge in [-0.05, 0) is 18.2 Å². The van der Waals surface area contributed by atoms with Gasteiger partial charge in [0.15, 0.2) is 0 Å². The molecule has 0 unspecified atom stereocenters. The van der Waals surface area contributed by atoms with E-state index < -0.39 is 15.8 Å². The van der Waals surface area contributed by atoms with Crippen LogP contribution in [0.25, 0.3) is 0 Å². The second-order valence-electron chi connectivity index (χ2n) is 3.96. The minimum absolute atomic E-state index is 0.00797. The molecule has 0 aliphatic rings. The Hall–Kier alpha value is -1.64. The fourth-order valence-corrected chi connectivity index (χ4v) is 2.69. The first kappa shape index (κ1) is 14.8. The molecule has 0 bridgehead atoms. The first-order valence-corrected chi connectivity index (χ1v) is 7.49. The van der Waals surface area contributed by atoms with E-state index in [-0.39, 0.29) is 15.6 Å². The number of halogens is 2. The predicted octanol–water partition coefficient (Wildman–Crippen LogP) is 1.44. The normalized spacial score (nSPS) is 11.6. The van der Waals surface area contributed by atoms with Gasteiger partial charge in [0.1, 0.15) is 10.7 Å². The van der Waals surface area contributed by atoms with Gasteiger partial charge in [0.2, 0.25) is 0 Å². The molecule has 1 heterocycles. The van der Waals surface area contributed by atoms with Crippen LogP contribution in [0.3, 0.4) is 0 Å². The molecule has 108 valence electrons. The fraction of sp³-hybridized carbons (Fsp3) is 0.182. The van der Waals surface area contributed by atoms with Crippen molar-refractivity contribution in [3.63, 3.8) is 0 Å². The van der Waals surface area contributed by atoms with Gasteiger partial charge in [0.25, 0.3) is 10.0 Å². The van der Waals surface area contributed by atoms with Crippen molar-refractivity contribution in [2.75, 3.05) is 11.3 Å². The molecule has 0 fully saturated rings. The van der Waals surface area contributed by atoms with Crippen molar-refractivity contribution in [1.29, 1.82) is 0 Å². The number of hydrogen-bond acceptors (Lipinski definition) is 4. The number of sulfonamides is 1. The van der Waals surface area contributed by atoms with E-state index >= 15 is 0 Å². The van der Waals surface area contributed by atoms with Gasteiger partial charge in [-0.1, -0.05) is 11.6 Å². The van der Waals surface area contributed by atoms with E-state index in [9.17, 15) is 12.8 Å². The molecule has 9 heteroatoms. The molecule has 0 spiro atoms. The summed E-state index contributed by atoms with van der Waals surface area (Å²) in [6.45, 7) is 0.764. The minimum atomic E-state index is -3.80. The van der Waals surface area contributed by atoms with E-state index in [1.165, 1.54) is 29.2 Å². The lowest BCUT2D eigenvalue weighted by Gasteiger charge is -2.06. The topological polar surface area (TPSA) is 90.0 Å². The Labute approximate surface area is 120 Å². The lowest BCUT2D eigenvalue weighted by atomic mass is 10.3. The molecule has 0 atom stereocenters. The summed E-state index contributed by atoms with van der Waals surface area (Å²) in [4.78, 5) is -0.00797. The third kappa shape index (κ3) is 3.27. The summed E-state index contributed by atoms with van der Waals surface area (Å²) in [6, 6.07) is 3.56. The largest absolute Gasteiger partial charge is 0.329 e. The number of nitrogens with one attached hydrogen (secondary N) is 1. The highest BCUT2D eigenvalue weighted by atomic mass is 35.5. The number of nitrogens with two attached hydrogens (primary N) is 1. The number of rotatable bonds is 5. The van der Waals surface area contributed by atoms with E-state index in [0.29, 0.717) is 13.1 Å². The SMILES string of the molecule is NCCn1cc(S(=O)(=O)Nc2ccc(F)c(Cl)c2)cn1. The van der Waals surface area contributed by atoms with Crippen LogP contribution in [0.15, 0.2) is 35.5 Å². The van der Waals surface area contributed by atoms with Crippen LogP contribution in [0.2, 0.25) is 5.02 Å². The van der Waals surface area contributed by atoms with Crippen LogP contribution in [0.5, 0.6) is 0 Å². The first-order chi connectivity index (χ1) is 9.42. The number of hydrogen-bond donors (Lipinski definition) is 2. The molecule has 1 aromatic heterocycles. The summed E-state index contributed by atoms with van der Waals surface area (Å²) in [7, 11) is -3.80. The quantitative estimate of drug-likeness (QED) is 0.872. The van der Waals surface area contributed by atoms with Crippen molar-refractivity contribution in [2.24, 2.45) is 5.73 Å². The van der Waals surface area contributed by atoms with Crippen LogP contribution >= 0.6 is 11.6 Å². The Bertz CT molecular complexity index is 717. The average molecular weight is 319 g/mol. The molecule has 0 aliphatic carbocycles. The molecular weight excluding hydrogens is 307 g/mol. The minimum Gasteiger partial charge on any atom is -0.329 e.